The lowest BCUT2D eigenvalue weighted by molar-refractivity contribution is -0.384. The Balaban J connectivity index is 2.29. The van der Waals surface area contributed by atoms with Gasteiger partial charge in [0.15, 0.2) is 11.5 Å². The van der Waals surface area contributed by atoms with Crippen LogP contribution in [0.4, 0.5) is 11.4 Å². The first-order valence-electron chi connectivity index (χ1n) is 5.46. The average Bonchev–Trinajstić information content (AvgIpc) is 2.41. The topological polar surface area (TPSA) is 87.6 Å². The smallest absolute Gasteiger partial charge is 0.273 e. The quantitative estimate of drug-likeness (QED) is 0.518. The van der Waals surface area contributed by atoms with Gasteiger partial charge in [-0.05, 0) is 30.3 Å². The van der Waals surface area contributed by atoms with Gasteiger partial charge in [-0.15, -0.1) is 0 Å². The number of ether oxygens (including phenoxy) is 2. The first kappa shape index (κ1) is 12.7. The number of rotatable bonds is 4. The van der Waals surface area contributed by atoms with E-state index in [1.165, 1.54) is 25.3 Å². The van der Waals surface area contributed by atoms with Crippen molar-refractivity contribution in [3.05, 3.63) is 52.6 Å². The van der Waals surface area contributed by atoms with Crippen molar-refractivity contribution in [3.63, 3.8) is 0 Å². The fourth-order valence-corrected chi connectivity index (χ4v) is 1.52. The molecule has 0 aromatic heterocycles. The number of nitro benzene ring substituents is 1. The summed E-state index contributed by atoms with van der Waals surface area (Å²) >= 11 is 0. The summed E-state index contributed by atoms with van der Waals surface area (Å²) < 4.78 is 10.7. The largest absolute Gasteiger partial charge is 0.493 e. The Morgan fingerprint density at radius 1 is 1.11 bits per heavy atom. The second-order valence-corrected chi connectivity index (χ2v) is 3.76. The molecule has 0 aliphatic heterocycles. The fourth-order valence-electron chi connectivity index (χ4n) is 1.52. The van der Waals surface area contributed by atoms with E-state index in [0.29, 0.717) is 22.9 Å². The monoisotopic (exact) mass is 260 g/mol. The van der Waals surface area contributed by atoms with Crippen LogP contribution in [0.25, 0.3) is 0 Å². The van der Waals surface area contributed by atoms with Gasteiger partial charge in [0.05, 0.1) is 18.1 Å². The van der Waals surface area contributed by atoms with Crippen LogP contribution in [0.3, 0.4) is 0 Å². The molecule has 6 heteroatoms. The highest BCUT2D eigenvalue weighted by Crippen LogP contribution is 2.34. The minimum Gasteiger partial charge on any atom is -0.493 e. The van der Waals surface area contributed by atoms with Gasteiger partial charge in [0.2, 0.25) is 0 Å². The number of nitrogens with zero attached hydrogens (tertiary/aromatic N) is 1. The highest BCUT2D eigenvalue weighted by Gasteiger charge is 2.12. The van der Waals surface area contributed by atoms with Gasteiger partial charge in [-0.3, -0.25) is 10.1 Å². The summed E-state index contributed by atoms with van der Waals surface area (Å²) in [6.45, 7) is 0. The fraction of sp³-hybridized carbons (Fsp3) is 0.0769. The predicted molar refractivity (Wildman–Crippen MR) is 70.6 cm³/mol. The van der Waals surface area contributed by atoms with Crippen molar-refractivity contribution in [1.82, 2.24) is 0 Å². The highest BCUT2D eigenvalue weighted by molar-refractivity contribution is 5.51. The summed E-state index contributed by atoms with van der Waals surface area (Å²) in [7, 11) is 1.43. The second kappa shape index (κ2) is 5.26. The molecule has 0 atom stereocenters. The van der Waals surface area contributed by atoms with E-state index in [4.69, 9.17) is 15.2 Å². The zero-order chi connectivity index (χ0) is 13.8. The van der Waals surface area contributed by atoms with E-state index in [9.17, 15) is 10.1 Å². The van der Waals surface area contributed by atoms with Crippen LogP contribution in [0, 0.1) is 10.1 Å². The van der Waals surface area contributed by atoms with Gasteiger partial charge in [0, 0.05) is 11.8 Å². The predicted octanol–water partition coefficient (Wildman–Crippen LogP) is 2.98. The molecule has 0 unspecified atom stereocenters. The number of nitrogens with two attached hydrogens (primary N) is 1. The first-order chi connectivity index (χ1) is 9.10. The minimum atomic E-state index is -0.491. The van der Waals surface area contributed by atoms with E-state index in [-0.39, 0.29) is 5.69 Å². The Hall–Kier alpha value is -2.76. The lowest BCUT2D eigenvalue weighted by Crippen LogP contribution is -1.93. The molecular formula is C13H12N2O4. The third-order valence-electron chi connectivity index (χ3n) is 2.47. The maximum absolute atomic E-state index is 10.7. The Bertz CT molecular complexity index is 596. The molecule has 19 heavy (non-hydrogen) atoms. The summed E-state index contributed by atoms with van der Waals surface area (Å²) in [5.41, 5.74) is 6.15. The summed E-state index contributed by atoms with van der Waals surface area (Å²) in [5.74, 6) is 1.27. The summed E-state index contributed by atoms with van der Waals surface area (Å²) in [6, 6.07) is 11.0. The van der Waals surface area contributed by atoms with Gasteiger partial charge >= 0.3 is 0 Å². The normalized spacial score (nSPS) is 9.95. The number of nitro groups is 1. The Labute approximate surface area is 109 Å². The van der Waals surface area contributed by atoms with Gasteiger partial charge < -0.3 is 15.2 Å². The van der Waals surface area contributed by atoms with Crippen LogP contribution >= 0.6 is 0 Å². The molecule has 6 nitrogen and oxygen atoms in total. The number of hydrogen-bond donors (Lipinski definition) is 1. The SMILES string of the molecule is COc1cc([N+](=O)[O-])ccc1Oc1ccc(N)cc1. The standard InChI is InChI=1S/C13H12N2O4/c1-18-13-8-10(15(16)17)4-7-12(13)19-11-5-2-9(14)3-6-11/h2-8H,14H2,1H3. The molecule has 0 aliphatic rings. The van der Waals surface area contributed by atoms with Gasteiger partial charge in [-0.1, -0.05) is 0 Å². The maximum Gasteiger partial charge on any atom is 0.273 e. The van der Waals surface area contributed by atoms with E-state index in [0.717, 1.165) is 0 Å². The van der Waals surface area contributed by atoms with E-state index >= 15 is 0 Å². The van der Waals surface area contributed by atoms with E-state index in [2.05, 4.69) is 0 Å². The molecule has 0 fully saturated rings. The summed E-state index contributed by atoms with van der Waals surface area (Å²) in [6.07, 6.45) is 0. The molecule has 0 heterocycles. The first-order valence-corrected chi connectivity index (χ1v) is 5.46. The zero-order valence-corrected chi connectivity index (χ0v) is 10.2. The Morgan fingerprint density at radius 3 is 2.37 bits per heavy atom. The van der Waals surface area contributed by atoms with Crippen molar-refractivity contribution in [3.8, 4) is 17.2 Å². The van der Waals surface area contributed by atoms with Crippen LogP contribution in [-0.4, -0.2) is 12.0 Å². The molecule has 0 spiro atoms. The van der Waals surface area contributed by atoms with Crippen molar-refractivity contribution in [2.24, 2.45) is 0 Å². The molecule has 0 amide bonds. The lowest BCUT2D eigenvalue weighted by Gasteiger charge is -2.10. The van der Waals surface area contributed by atoms with E-state index < -0.39 is 4.92 Å². The lowest BCUT2D eigenvalue weighted by atomic mass is 10.2. The van der Waals surface area contributed by atoms with Crippen LogP contribution in [0.5, 0.6) is 17.2 Å². The Kier molecular flexibility index (Phi) is 3.51. The van der Waals surface area contributed by atoms with Crippen LogP contribution in [0.15, 0.2) is 42.5 Å². The molecule has 0 radical (unpaired) electrons. The van der Waals surface area contributed by atoms with Crippen LogP contribution in [-0.2, 0) is 0 Å². The summed E-state index contributed by atoms with van der Waals surface area (Å²) in [4.78, 5) is 10.2. The van der Waals surface area contributed by atoms with Gasteiger partial charge in [-0.25, -0.2) is 0 Å². The van der Waals surface area contributed by atoms with E-state index in [1.807, 2.05) is 0 Å². The highest BCUT2D eigenvalue weighted by atomic mass is 16.6. The molecule has 0 bridgehead atoms. The van der Waals surface area contributed by atoms with Crippen molar-refractivity contribution >= 4 is 11.4 Å². The van der Waals surface area contributed by atoms with Gasteiger partial charge in [0.25, 0.3) is 5.69 Å². The van der Waals surface area contributed by atoms with Gasteiger partial charge in [0.1, 0.15) is 5.75 Å². The average molecular weight is 260 g/mol. The van der Waals surface area contributed by atoms with E-state index in [1.54, 1.807) is 24.3 Å². The molecular weight excluding hydrogens is 248 g/mol. The van der Waals surface area contributed by atoms with Crippen molar-refractivity contribution in [1.29, 1.82) is 0 Å². The molecule has 0 saturated carbocycles. The Morgan fingerprint density at radius 2 is 1.79 bits per heavy atom. The number of nitrogen functional groups attached to an aromatic ring is 1. The number of anilines is 1. The van der Waals surface area contributed by atoms with Crippen molar-refractivity contribution in [2.75, 3.05) is 12.8 Å². The molecule has 2 N–H and O–H groups in total. The molecule has 0 aliphatic carbocycles. The number of benzene rings is 2. The third-order valence-corrected chi connectivity index (χ3v) is 2.47. The second-order valence-electron chi connectivity index (χ2n) is 3.76. The molecule has 2 aromatic carbocycles. The van der Waals surface area contributed by atoms with Crippen LogP contribution in [0.2, 0.25) is 0 Å². The number of hydrogen-bond acceptors (Lipinski definition) is 5. The van der Waals surface area contributed by atoms with Crippen molar-refractivity contribution < 1.29 is 14.4 Å². The summed E-state index contributed by atoms with van der Waals surface area (Å²) in [5, 5.41) is 10.7. The zero-order valence-electron chi connectivity index (χ0n) is 10.2. The number of non-ortho nitro benzene ring substituents is 1. The van der Waals surface area contributed by atoms with Gasteiger partial charge in [-0.2, -0.15) is 0 Å². The van der Waals surface area contributed by atoms with Crippen LogP contribution in [0.1, 0.15) is 0 Å². The minimum absolute atomic E-state index is 0.0542. The molecule has 0 saturated heterocycles. The third kappa shape index (κ3) is 2.92. The van der Waals surface area contributed by atoms with Crippen LogP contribution < -0.4 is 15.2 Å². The maximum atomic E-state index is 10.7. The number of methoxy groups -OCH3 is 1. The molecule has 98 valence electrons. The molecule has 2 aromatic rings. The molecule has 2 rings (SSSR count). The van der Waals surface area contributed by atoms with Crippen molar-refractivity contribution in [2.45, 2.75) is 0 Å².